The third-order valence-corrected chi connectivity index (χ3v) is 2.37. The third kappa shape index (κ3) is 4.21. The van der Waals surface area contributed by atoms with Gasteiger partial charge in [-0.3, -0.25) is 4.79 Å². The highest BCUT2D eigenvalue weighted by Gasteiger charge is 2.10. The Balaban J connectivity index is 2.97. The number of hydrogen-bond acceptors (Lipinski definition) is 3. The van der Waals surface area contributed by atoms with Gasteiger partial charge in [0.2, 0.25) is 0 Å². The van der Waals surface area contributed by atoms with Crippen molar-refractivity contribution >= 4 is 5.78 Å². The average Bonchev–Trinajstić information content (AvgIpc) is 2.33. The number of carbonyl (C=O) groups is 1. The third-order valence-electron chi connectivity index (χ3n) is 2.37. The molecule has 0 N–H and O–H groups in total. The first-order valence-electron chi connectivity index (χ1n) is 5.58. The van der Waals surface area contributed by atoms with Crippen molar-refractivity contribution in [2.75, 3.05) is 7.05 Å². The number of carbonyl (C=O) groups excluding carboxylic acids is 1. The summed E-state index contributed by atoms with van der Waals surface area (Å²) in [6, 6.07) is 3.64. The molecule has 0 aliphatic heterocycles. The Morgan fingerprint density at radius 2 is 1.95 bits per heavy atom. The van der Waals surface area contributed by atoms with E-state index in [1.54, 1.807) is 0 Å². The van der Waals surface area contributed by atoms with E-state index in [0.717, 1.165) is 0 Å². The minimum absolute atomic E-state index is 0.0332. The second-order valence-electron chi connectivity index (χ2n) is 3.92. The number of hydrogen-bond donors (Lipinski definition) is 0. The molecule has 0 saturated heterocycles. The maximum atomic E-state index is 13.4. The first-order chi connectivity index (χ1) is 8.95. The molecule has 0 radical (unpaired) electrons. The summed E-state index contributed by atoms with van der Waals surface area (Å²) in [5, 5.41) is 7.14. The summed E-state index contributed by atoms with van der Waals surface area (Å²) in [7, 11) is 1.43. The summed E-state index contributed by atoms with van der Waals surface area (Å²) in [5.41, 5.74) is 0.394. The van der Waals surface area contributed by atoms with Crippen molar-refractivity contribution in [3.8, 4) is 0 Å². The Hall–Kier alpha value is -2.17. The molecule has 0 amide bonds. The van der Waals surface area contributed by atoms with E-state index in [1.165, 1.54) is 38.2 Å². The van der Waals surface area contributed by atoms with E-state index in [-0.39, 0.29) is 23.5 Å². The number of allylic oxidation sites excluding steroid dienone is 3. The minimum Gasteiger partial charge on any atom is -0.293 e. The van der Waals surface area contributed by atoms with Gasteiger partial charge in [-0.2, -0.15) is 10.2 Å². The molecule has 0 spiro atoms. The van der Waals surface area contributed by atoms with E-state index >= 15 is 0 Å². The van der Waals surface area contributed by atoms with Crippen LogP contribution >= 0.6 is 0 Å². The molecule has 0 fully saturated rings. The van der Waals surface area contributed by atoms with Gasteiger partial charge < -0.3 is 0 Å². The second-order valence-corrected chi connectivity index (χ2v) is 3.92. The van der Waals surface area contributed by atoms with Gasteiger partial charge in [0.15, 0.2) is 5.78 Å². The van der Waals surface area contributed by atoms with Crippen molar-refractivity contribution in [1.82, 2.24) is 0 Å². The van der Waals surface area contributed by atoms with E-state index in [9.17, 15) is 13.6 Å². The number of benzene rings is 1. The van der Waals surface area contributed by atoms with Crippen LogP contribution in [0.5, 0.6) is 0 Å². The lowest BCUT2D eigenvalue weighted by Crippen LogP contribution is -1.99. The highest BCUT2D eigenvalue weighted by molar-refractivity contribution is 5.93. The number of ketones is 1. The zero-order valence-electron chi connectivity index (χ0n) is 10.8. The first-order valence-corrected chi connectivity index (χ1v) is 5.58. The molecule has 0 aliphatic carbocycles. The summed E-state index contributed by atoms with van der Waals surface area (Å²) in [5.74, 6) is -1.58. The predicted molar refractivity (Wildman–Crippen MR) is 68.7 cm³/mol. The molecule has 0 aromatic heterocycles. The number of nitrogens with zero attached hydrogens (tertiary/aromatic N) is 2. The molecule has 1 aromatic rings. The quantitative estimate of drug-likeness (QED) is 0.455. The molecule has 0 bridgehead atoms. The highest BCUT2D eigenvalue weighted by Crippen LogP contribution is 2.17. The molecule has 100 valence electrons. The van der Waals surface area contributed by atoms with Gasteiger partial charge >= 0.3 is 0 Å². The summed E-state index contributed by atoms with van der Waals surface area (Å²) >= 11 is 0. The molecule has 3 nitrogen and oxygen atoms in total. The molecule has 0 heterocycles. The molecule has 1 rings (SSSR count). The predicted octanol–water partition coefficient (Wildman–Crippen LogP) is 3.62. The summed E-state index contributed by atoms with van der Waals surface area (Å²) in [6.07, 6.45) is 1.34. The molecule has 0 unspecified atom stereocenters. The lowest BCUT2D eigenvalue weighted by molar-refractivity contribution is -0.113. The molecule has 0 atom stereocenters. The van der Waals surface area contributed by atoms with Crippen molar-refractivity contribution in [3.05, 3.63) is 59.3 Å². The van der Waals surface area contributed by atoms with Crippen LogP contribution in [0.3, 0.4) is 0 Å². The SMILES string of the molecule is C=C(/C=C(\N=NC)C(C)=O)Cc1c(F)cccc1F. The molecular formula is C14H14F2N2O. The second kappa shape index (κ2) is 6.68. The standard InChI is InChI=1S/C14H14F2N2O/c1-9(8-14(10(2)19)18-17-3)7-11-12(15)5-4-6-13(11)16/h4-6,8H,1,7H2,2-3H3/b14-8-,18-17?. The molecular weight excluding hydrogens is 250 g/mol. The van der Waals surface area contributed by atoms with Crippen molar-refractivity contribution in [2.45, 2.75) is 13.3 Å². The van der Waals surface area contributed by atoms with Crippen molar-refractivity contribution < 1.29 is 13.6 Å². The fraction of sp³-hybridized carbons (Fsp3) is 0.214. The van der Waals surface area contributed by atoms with Crippen LogP contribution in [-0.4, -0.2) is 12.8 Å². The normalized spacial score (nSPS) is 11.9. The van der Waals surface area contributed by atoms with Crippen LogP contribution in [0.4, 0.5) is 8.78 Å². The van der Waals surface area contributed by atoms with Crippen LogP contribution in [-0.2, 0) is 11.2 Å². The largest absolute Gasteiger partial charge is 0.293 e. The van der Waals surface area contributed by atoms with Gasteiger partial charge in [0.05, 0.1) is 0 Å². The lowest BCUT2D eigenvalue weighted by atomic mass is 10.0. The molecule has 5 heteroatoms. The zero-order chi connectivity index (χ0) is 14.4. The van der Waals surface area contributed by atoms with E-state index < -0.39 is 11.6 Å². The number of Topliss-reactive ketones (excluding diaryl/α,β-unsaturated/α-hetero) is 1. The molecule has 0 aliphatic rings. The van der Waals surface area contributed by atoms with Gasteiger partial charge in [-0.05, 0) is 23.8 Å². The maximum Gasteiger partial charge on any atom is 0.179 e. The average molecular weight is 264 g/mol. The minimum atomic E-state index is -0.643. The Labute approximate surface area is 110 Å². The van der Waals surface area contributed by atoms with Crippen LogP contribution in [0.25, 0.3) is 0 Å². The van der Waals surface area contributed by atoms with E-state index in [0.29, 0.717) is 5.57 Å². The van der Waals surface area contributed by atoms with E-state index in [2.05, 4.69) is 16.8 Å². The van der Waals surface area contributed by atoms with Crippen LogP contribution in [0, 0.1) is 11.6 Å². The zero-order valence-corrected chi connectivity index (χ0v) is 10.8. The molecule has 1 aromatic carbocycles. The monoisotopic (exact) mass is 264 g/mol. The van der Waals surface area contributed by atoms with Gasteiger partial charge in [-0.1, -0.05) is 12.6 Å². The van der Waals surface area contributed by atoms with E-state index in [4.69, 9.17) is 0 Å². The van der Waals surface area contributed by atoms with Gasteiger partial charge in [-0.15, -0.1) is 0 Å². The Morgan fingerprint density at radius 1 is 1.37 bits per heavy atom. The fourth-order valence-corrected chi connectivity index (χ4v) is 1.48. The van der Waals surface area contributed by atoms with Crippen LogP contribution in [0.1, 0.15) is 12.5 Å². The molecule has 19 heavy (non-hydrogen) atoms. The van der Waals surface area contributed by atoms with Crippen molar-refractivity contribution in [2.24, 2.45) is 10.2 Å². The van der Waals surface area contributed by atoms with Crippen LogP contribution < -0.4 is 0 Å². The topological polar surface area (TPSA) is 41.8 Å². The Bertz CT molecular complexity index is 542. The Morgan fingerprint density at radius 3 is 2.42 bits per heavy atom. The van der Waals surface area contributed by atoms with Gasteiger partial charge in [-0.25, -0.2) is 8.78 Å². The lowest BCUT2D eigenvalue weighted by Gasteiger charge is -2.05. The maximum absolute atomic E-state index is 13.4. The number of azo groups is 1. The van der Waals surface area contributed by atoms with Gasteiger partial charge in [0.1, 0.15) is 17.3 Å². The number of halogens is 2. The van der Waals surface area contributed by atoms with E-state index in [1.807, 2.05) is 0 Å². The summed E-state index contributed by atoms with van der Waals surface area (Å²) in [6.45, 7) is 5.00. The fourth-order valence-electron chi connectivity index (χ4n) is 1.48. The van der Waals surface area contributed by atoms with Crippen molar-refractivity contribution in [1.29, 1.82) is 0 Å². The smallest absolute Gasteiger partial charge is 0.179 e. The number of rotatable bonds is 5. The first kappa shape index (κ1) is 14.9. The highest BCUT2D eigenvalue weighted by atomic mass is 19.1. The molecule has 0 saturated carbocycles. The van der Waals surface area contributed by atoms with Gasteiger partial charge in [0, 0.05) is 26.0 Å². The van der Waals surface area contributed by atoms with Crippen LogP contribution in [0.15, 0.2) is 52.4 Å². The Kier molecular flexibility index (Phi) is 5.23. The van der Waals surface area contributed by atoms with Crippen LogP contribution in [0.2, 0.25) is 0 Å². The van der Waals surface area contributed by atoms with Gasteiger partial charge in [0.25, 0.3) is 0 Å². The van der Waals surface area contributed by atoms with Crippen molar-refractivity contribution in [3.63, 3.8) is 0 Å². The summed E-state index contributed by atoms with van der Waals surface area (Å²) < 4.78 is 26.9. The summed E-state index contributed by atoms with van der Waals surface area (Å²) in [4.78, 5) is 11.2.